The Morgan fingerprint density at radius 1 is 1.31 bits per heavy atom. The van der Waals surface area contributed by atoms with Crippen molar-refractivity contribution >= 4 is 44.2 Å². The highest BCUT2D eigenvalue weighted by atomic mass is 35.5. The van der Waals surface area contributed by atoms with Crippen LogP contribution in [-0.4, -0.2) is 29.2 Å². The standard InChI is InChI=1S/C19H14ClF3N2O3S/c20-11-6-12(9-3-4-28-8-9)16(26)13(7-11)17(27)25-18-24-14-2-1-10(19(21,22)23)5-15(14)29-18/h1-2,5-7,9,26H,3-4,8H2,(H,24,25,27). The monoisotopic (exact) mass is 442 g/mol. The summed E-state index contributed by atoms with van der Waals surface area (Å²) in [6, 6.07) is 6.10. The van der Waals surface area contributed by atoms with E-state index in [0.29, 0.717) is 30.7 Å². The lowest BCUT2D eigenvalue weighted by atomic mass is 9.95. The molecule has 1 aliphatic rings. The van der Waals surface area contributed by atoms with Gasteiger partial charge in [-0.3, -0.25) is 10.1 Å². The van der Waals surface area contributed by atoms with Gasteiger partial charge in [0.25, 0.3) is 5.91 Å². The number of fused-ring (bicyclic) bond motifs is 1. The first-order chi connectivity index (χ1) is 13.7. The third-order valence-electron chi connectivity index (χ3n) is 4.65. The number of phenols is 1. The van der Waals surface area contributed by atoms with Crippen LogP contribution in [-0.2, 0) is 10.9 Å². The zero-order valence-electron chi connectivity index (χ0n) is 14.7. The van der Waals surface area contributed by atoms with Gasteiger partial charge in [0.1, 0.15) is 5.75 Å². The molecule has 0 saturated carbocycles. The molecule has 1 atom stereocenters. The highest BCUT2D eigenvalue weighted by Crippen LogP contribution is 2.38. The lowest BCUT2D eigenvalue weighted by molar-refractivity contribution is -0.137. The largest absolute Gasteiger partial charge is 0.507 e. The molecule has 1 unspecified atom stereocenters. The van der Waals surface area contributed by atoms with E-state index >= 15 is 0 Å². The van der Waals surface area contributed by atoms with Crippen molar-refractivity contribution in [1.82, 2.24) is 4.98 Å². The van der Waals surface area contributed by atoms with Gasteiger partial charge >= 0.3 is 6.18 Å². The average Bonchev–Trinajstić information content (AvgIpc) is 3.30. The van der Waals surface area contributed by atoms with Gasteiger partial charge in [-0.25, -0.2) is 4.98 Å². The number of halogens is 4. The first-order valence-corrected chi connectivity index (χ1v) is 9.81. The summed E-state index contributed by atoms with van der Waals surface area (Å²) >= 11 is 7.03. The van der Waals surface area contributed by atoms with Gasteiger partial charge in [-0.15, -0.1) is 0 Å². The van der Waals surface area contributed by atoms with Crippen molar-refractivity contribution in [1.29, 1.82) is 0 Å². The van der Waals surface area contributed by atoms with Crippen molar-refractivity contribution < 1.29 is 27.8 Å². The zero-order valence-corrected chi connectivity index (χ0v) is 16.3. The number of benzene rings is 2. The van der Waals surface area contributed by atoms with Gasteiger partial charge in [-0.1, -0.05) is 22.9 Å². The van der Waals surface area contributed by atoms with Gasteiger partial charge in [0.05, 0.1) is 28.0 Å². The van der Waals surface area contributed by atoms with Crippen LogP contribution in [0.3, 0.4) is 0 Å². The molecular formula is C19H14ClF3N2O3S. The summed E-state index contributed by atoms with van der Waals surface area (Å²) in [6.07, 6.45) is -3.76. The molecule has 0 spiro atoms. The number of carbonyl (C=O) groups is 1. The summed E-state index contributed by atoms with van der Waals surface area (Å²) in [5.74, 6) is -0.911. The maximum atomic E-state index is 12.9. The van der Waals surface area contributed by atoms with Gasteiger partial charge in [-0.05, 0) is 36.8 Å². The Balaban J connectivity index is 1.62. The number of nitrogens with zero attached hydrogens (tertiary/aromatic N) is 1. The van der Waals surface area contributed by atoms with Crippen LogP contribution in [0.25, 0.3) is 10.2 Å². The number of aromatic nitrogens is 1. The van der Waals surface area contributed by atoms with E-state index in [-0.39, 0.29) is 32.1 Å². The van der Waals surface area contributed by atoms with E-state index < -0.39 is 17.6 Å². The molecule has 0 bridgehead atoms. The van der Waals surface area contributed by atoms with Gasteiger partial charge in [0, 0.05) is 23.1 Å². The summed E-state index contributed by atoms with van der Waals surface area (Å²) in [5.41, 5.74) is 0.0359. The topological polar surface area (TPSA) is 71.5 Å². The van der Waals surface area contributed by atoms with E-state index in [9.17, 15) is 23.1 Å². The number of thiazole rings is 1. The maximum absolute atomic E-state index is 12.9. The molecule has 3 aromatic rings. The smallest absolute Gasteiger partial charge is 0.416 e. The Labute approximate surface area is 172 Å². The number of ether oxygens (including phenoxy) is 1. The van der Waals surface area contributed by atoms with E-state index in [1.807, 2.05) is 0 Å². The summed E-state index contributed by atoms with van der Waals surface area (Å²) in [4.78, 5) is 16.8. The molecule has 152 valence electrons. The van der Waals surface area contributed by atoms with E-state index in [1.54, 1.807) is 6.07 Å². The number of anilines is 1. The van der Waals surface area contributed by atoms with Crippen LogP contribution in [0.1, 0.15) is 33.8 Å². The summed E-state index contributed by atoms with van der Waals surface area (Å²) in [6.45, 7) is 0.984. The number of rotatable bonds is 3. The van der Waals surface area contributed by atoms with Crippen molar-refractivity contribution in [3.8, 4) is 5.75 Å². The lowest BCUT2D eigenvalue weighted by Gasteiger charge is -2.14. The minimum atomic E-state index is -4.46. The molecular weight excluding hydrogens is 429 g/mol. The van der Waals surface area contributed by atoms with E-state index in [0.717, 1.165) is 23.5 Å². The number of phenolic OH excluding ortho intramolecular Hbond substituents is 1. The zero-order chi connectivity index (χ0) is 20.8. The van der Waals surface area contributed by atoms with Crippen LogP contribution >= 0.6 is 22.9 Å². The molecule has 2 aromatic carbocycles. The van der Waals surface area contributed by atoms with Crippen LogP contribution in [0.4, 0.5) is 18.3 Å². The van der Waals surface area contributed by atoms with Gasteiger partial charge in [-0.2, -0.15) is 13.2 Å². The normalized spacial score (nSPS) is 17.0. The lowest BCUT2D eigenvalue weighted by Crippen LogP contribution is -2.13. The Bertz CT molecular complexity index is 1090. The summed E-state index contributed by atoms with van der Waals surface area (Å²) < 4.78 is 44.2. The third kappa shape index (κ3) is 4.03. The fourth-order valence-electron chi connectivity index (χ4n) is 3.20. The van der Waals surface area contributed by atoms with Gasteiger partial charge < -0.3 is 9.84 Å². The van der Waals surface area contributed by atoms with Crippen molar-refractivity contribution in [2.45, 2.75) is 18.5 Å². The van der Waals surface area contributed by atoms with Crippen LogP contribution in [0.2, 0.25) is 5.02 Å². The van der Waals surface area contributed by atoms with Crippen LogP contribution in [0, 0.1) is 0 Å². The third-order valence-corrected chi connectivity index (χ3v) is 5.81. The molecule has 1 fully saturated rings. The maximum Gasteiger partial charge on any atom is 0.416 e. The number of aromatic hydroxyl groups is 1. The number of hydrogen-bond donors (Lipinski definition) is 2. The fourth-order valence-corrected chi connectivity index (χ4v) is 4.33. The predicted octanol–water partition coefficient (Wildman–Crippen LogP) is 5.43. The Kier molecular flexibility index (Phi) is 5.14. The number of alkyl halides is 3. The molecule has 0 aliphatic carbocycles. The van der Waals surface area contributed by atoms with Crippen LogP contribution < -0.4 is 5.32 Å². The fraction of sp³-hybridized carbons (Fsp3) is 0.263. The molecule has 1 amide bonds. The highest BCUT2D eigenvalue weighted by molar-refractivity contribution is 7.22. The molecule has 10 heteroatoms. The summed E-state index contributed by atoms with van der Waals surface area (Å²) in [7, 11) is 0. The van der Waals surface area contributed by atoms with Crippen molar-refractivity contribution in [3.63, 3.8) is 0 Å². The van der Waals surface area contributed by atoms with Crippen molar-refractivity contribution in [2.24, 2.45) is 0 Å². The molecule has 2 heterocycles. The molecule has 1 aromatic heterocycles. The molecule has 29 heavy (non-hydrogen) atoms. The van der Waals surface area contributed by atoms with Crippen molar-refractivity contribution in [3.05, 3.63) is 52.0 Å². The minimum absolute atomic E-state index is 0.0327. The molecule has 5 nitrogen and oxygen atoms in total. The molecule has 1 saturated heterocycles. The quantitative estimate of drug-likeness (QED) is 0.567. The number of carbonyl (C=O) groups excluding carboxylic acids is 1. The number of amides is 1. The minimum Gasteiger partial charge on any atom is -0.507 e. The Hall–Kier alpha value is -2.36. The van der Waals surface area contributed by atoms with Crippen LogP contribution in [0.5, 0.6) is 5.75 Å². The molecule has 4 rings (SSSR count). The number of nitrogens with one attached hydrogen (secondary N) is 1. The van der Waals surface area contributed by atoms with Gasteiger partial charge in [0.15, 0.2) is 5.13 Å². The number of hydrogen-bond acceptors (Lipinski definition) is 5. The van der Waals surface area contributed by atoms with E-state index in [4.69, 9.17) is 16.3 Å². The van der Waals surface area contributed by atoms with E-state index in [1.165, 1.54) is 12.1 Å². The van der Waals surface area contributed by atoms with Crippen molar-refractivity contribution in [2.75, 3.05) is 18.5 Å². The first kappa shape index (κ1) is 19.9. The second-order valence-corrected chi connectivity index (χ2v) is 8.07. The summed E-state index contributed by atoms with van der Waals surface area (Å²) in [5, 5.41) is 13.5. The van der Waals surface area contributed by atoms with Gasteiger partial charge in [0.2, 0.25) is 0 Å². The molecule has 2 N–H and O–H groups in total. The predicted molar refractivity (Wildman–Crippen MR) is 104 cm³/mol. The molecule has 0 radical (unpaired) electrons. The highest BCUT2D eigenvalue weighted by Gasteiger charge is 2.31. The average molecular weight is 443 g/mol. The Morgan fingerprint density at radius 3 is 2.79 bits per heavy atom. The Morgan fingerprint density at radius 2 is 2.10 bits per heavy atom. The SMILES string of the molecule is O=C(Nc1nc2ccc(C(F)(F)F)cc2s1)c1cc(Cl)cc(C2CCOC2)c1O. The van der Waals surface area contributed by atoms with Crippen LogP contribution in [0.15, 0.2) is 30.3 Å². The first-order valence-electron chi connectivity index (χ1n) is 8.61. The second kappa shape index (κ2) is 7.47. The molecule has 1 aliphatic heterocycles. The second-order valence-electron chi connectivity index (χ2n) is 6.61. The van der Waals surface area contributed by atoms with E-state index in [2.05, 4.69) is 10.3 Å².